The lowest BCUT2D eigenvalue weighted by Crippen LogP contribution is -2.11. The average Bonchev–Trinajstić information content (AvgIpc) is 2.35. The number of carbonyl (C=O) groups excluding carboxylic acids is 1. The van der Waals surface area contributed by atoms with Crippen molar-refractivity contribution in [3.63, 3.8) is 0 Å². The zero-order chi connectivity index (χ0) is 13.1. The highest BCUT2D eigenvalue weighted by atomic mass is 19.2. The lowest BCUT2D eigenvalue weighted by atomic mass is 10.2. The molecule has 2 aromatic carbocycles. The quantitative estimate of drug-likeness (QED) is 0.465. The second-order valence-electron chi connectivity index (χ2n) is 3.45. The summed E-state index contributed by atoms with van der Waals surface area (Å²) in [6.07, 6.45) is 0. The van der Waals surface area contributed by atoms with E-state index in [1.807, 2.05) is 0 Å². The summed E-state index contributed by atoms with van der Waals surface area (Å²) < 4.78 is 43.7. The first-order valence-corrected chi connectivity index (χ1v) is 4.99. The molecule has 0 saturated heterocycles. The molecule has 0 N–H and O–H groups in total. The van der Waals surface area contributed by atoms with Crippen LogP contribution in [-0.4, -0.2) is 5.97 Å². The lowest BCUT2D eigenvalue weighted by Gasteiger charge is -2.05. The number of rotatable bonds is 2. The smallest absolute Gasteiger partial charge is 0.346 e. The fraction of sp³-hybridized carbons (Fsp3) is 0. The highest BCUT2D eigenvalue weighted by Crippen LogP contribution is 2.17. The third-order valence-corrected chi connectivity index (χ3v) is 2.18. The van der Waals surface area contributed by atoms with Gasteiger partial charge in [-0.3, -0.25) is 0 Å². The van der Waals surface area contributed by atoms with Crippen LogP contribution in [0.5, 0.6) is 5.75 Å². The van der Waals surface area contributed by atoms with Gasteiger partial charge in [-0.1, -0.05) is 18.2 Å². The van der Waals surface area contributed by atoms with Gasteiger partial charge >= 0.3 is 5.97 Å². The topological polar surface area (TPSA) is 26.3 Å². The van der Waals surface area contributed by atoms with Crippen molar-refractivity contribution in [1.29, 1.82) is 0 Å². The Kier molecular flexibility index (Phi) is 3.32. The van der Waals surface area contributed by atoms with Crippen LogP contribution in [0, 0.1) is 17.5 Å². The second-order valence-corrected chi connectivity index (χ2v) is 3.45. The van der Waals surface area contributed by atoms with Gasteiger partial charge in [-0.2, -0.15) is 0 Å². The molecule has 0 atom stereocenters. The summed E-state index contributed by atoms with van der Waals surface area (Å²) in [5.41, 5.74) is -0.655. The zero-order valence-corrected chi connectivity index (χ0v) is 8.99. The molecule has 0 aliphatic heterocycles. The van der Waals surface area contributed by atoms with Gasteiger partial charge in [0.1, 0.15) is 11.6 Å². The van der Waals surface area contributed by atoms with Gasteiger partial charge in [0.2, 0.25) is 0 Å². The molecule has 0 aromatic heterocycles. The minimum atomic E-state index is -1.36. The van der Waals surface area contributed by atoms with Crippen molar-refractivity contribution in [2.45, 2.75) is 0 Å². The molecule has 0 spiro atoms. The molecule has 0 heterocycles. The van der Waals surface area contributed by atoms with Crippen molar-refractivity contribution < 1.29 is 22.7 Å². The molecule has 2 nitrogen and oxygen atoms in total. The number of benzene rings is 2. The molecule has 0 amide bonds. The molecule has 2 aromatic rings. The van der Waals surface area contributed by atoms with E-state index in [1.165, 1.54) is 12.1 Å². The van der Waals surface area contributed by atoms with Gasteiger partial charge in [0, 0.05) is 6.07 Å². The minimum absolute atomic E-state index is 0.187. The number of para-hydroxylation sites is 1. The molecule has 0 radical (unpaired) electrons. The van der Waals surface area contributed by atoms with E-state index in [0.717, 1.165) is 0 Å². The van der Waals surface area contributed by atoms with Gasteiger partial charge in [0.15, 0.2) is 11.6 Å². The Morgan fingerprint density at radius 1 is 0.889 bits per heavy atom. The molecule has 2 rings (SSSR count). The number of carbonyl (C=O) groups is 1. The molecule has 0 aliphatic rings. The van der Waals surface area contributed by atoms with Crippen LogP contribution in [0.3, 0.4) is 0 Å². The summed E-state index contributed by atoms with van der Waals surface area (Å²) in [6.45, 7) is 0. The minimum Gasteiger partial charge on any atom is -0.423 e. The van der Waals surface area contributed by atoms with Crippen LogP contribution in [-0.2, 0) is 0 Å². The molecule has 0 bridgehead atoms. The van der Waals surface area contributed by atoms with Crippen molar-refractivity contribution in [3.8, 4) is 5.75 Å². The maximum atomic E-state index is 13.3. The number of hydrogen-bond donors (Lipinski definition) is 0. The van der Waals surface area contributed by atoms with E-state index in [9.17, 15) is 18.0 Å². The van der Waals surface area contributed by atoms with Gasteiger partial charge in [0.05, 0.1) is 5.56 Å². The van der Waals surface area contributed by atoms with E-state index in [1.54, 1.807) is 18.2 Å². The maximum absolute atomic E-state index is 13.3. The van der Waals surface area contributed by atoms with E-state index in [0.29, 0.717) is 12.1 Å². The van der Waals surface area contributed by atoms with Crippen molar-refractivity contribution in [3.05, 3.63) is 65.5 Å². The summed E-state index contributed by atoms with van der Waals surface area (Å²) in [7, 11) is 0. The second kappa shape index (κ2) is 4.91. The number of halogens is 3. The number of hydrogen-bond acceptors (Lipinski definition) is 2. The Hall–Kier alpha value is -2.30. The molecule has 5 heteroatoms. The fourth-order valence-corrected chi connectivity index (χ4v) is 1.33. The Morgan fingerprint density at radius 3 is 2.17 bits per heavy atom. The normalized spacial score (nSPS) is 10.2. The summed E-state index contributed by atoms with van der Waals surface area (Å²) in [4.78, 5) is 11.5. The lowest BCUT2D eigenvalue weighted by molar-refractivity contribution is 0.0729. The maximum Gasteiger partial charge on any atom is 0.346 e. The standard InChI is InChI=1S/C13H7F3O2/c14-10-7-12(16)11(15)6-9(10)13(17)18-8-4-2-1-3-5-8/h1-7H. The molecule has 0 aliphatic carbocycles. The number of esters is 1. The summed E-state index contributed by atoms with van der Waals surface area (Å²) in [6, 6.07) is 8.67. The van der Waals surface area contributed by atoms with Crippen LogP contribution >= 0.6 is 0 Å². The van der Waals surface area contributed by atoms with Crippen LogP contribution in [0.15, 0.2) is 42.5 Å². The van der Waals surface area contributed by atoms with Crippen LogP contribution < -0.4 is 4.74 Å². The molecular weight excluding hydrogens is 245 g/mol. The molecular formula is C13H7F3O2. The van der Waals surface area contributed by atoms with Crippen molar-refractivity contribution in [2.24, 2.45) is 0 Å². The van der Waals surface area contributed by atoms with Gasteiger partial charge in [-0.25, -0.2) is 18.0 Å². The molecule has 18 heavy (non-hydrogen) atoms. The highest BCUT2D eigenvalue weighted by molar-refractivity contribution is 5.91. The van der Waals surface area contributed by atoms with Crippen LogP contribution in [0.25, 0.3) is 0 Å². The Bertz CT molecular complexity index is 582. The first kappa shape index (κ1) is 12.2. The van der Waals surface area contributed by atoms with Crippen LogP contribution in [0.2, 0.25) is 0 Å². The first-order valence-electron chi connectivity index (χ1n) is 4.99. The summed E-state index contributed by atoms with van der Waals surface area (Å²) in [5.74, 6) is -4.74. The average molecular weight is 252 g/mol. The van der Waals surface area contributed by atoms with Gasteiger partial charge in [-0.15, -0.1) is 0 Å². The number of ether oxygens (including phenoxy) is 1. The van der Waals surface area contributed by atoms with Gasteiger partial charge in [0.25, 0.3) is 0 Å². The van der Waals surface area contributed by atoms with E-state index < -0.39 is 29.0 Å². The van der Waals surface area contributed by atoms with E-state index >= 15 is 0 Å². The van der Waals surface area contributed by atoms with E-state index in [4.69, 9.17) is 4.74 Å². The first-order chi connectivity index (χ1) is 8.58. The Morgan fingerprint density at radius 2 is 1.50 bits per heavy atom. The SMILES string of the molecule is O=C(Oc1ccccc1)c1cc(F)c(F)cc1F. The van der Waals surface area contributed by atoms with Crippen LogP contribution in [0.4, 0.5) is 13.2 Å². The van der Waals surface area contributed by atoms with Crippen molar-refractivity contribution in [2.75, 3.05) is 0 Å². The van der Waals surface area contributed by atoms with Crippen molar-refractivity contribution in [1.82, 2.24) is 0 Å². The van der Waals surface area contributed by atoms with Crippen LogP contribution in [0.1, 0.15) is 10.4 Å². The van der Waals surface area contributed by atoms with E-state index in [2.05, 4.69) is 0 Å². The largest absolute Gasteiger partial charge is 0.423 e. The molecule has 0 fully saturated rings. The molecule has 92 valence electrons. The Labute approximate surface area is 101 Å². The molecule has 0 saturated carbocycles. The monoisotopic (exact) mass is 252 g/mol. The summed E-state index contributed by atoms with van der Waals surface area (Å²) >= 11 is 0. The molecule has 0 unspecified atom stereocenters. The predicted octanol–water partition coefficient (Wildman–Crippen LogP) is 3.32. The predicted molar refractivity (Wildman–Crippen MR) is 57.7 cm³/mol. The Balaban J connectivity index is 2.27. The van der Waals surface area contributed by atoms with Gasteiger partial charge in [-0.05, 0) is 18.2 Å². The fourth-order valence-electron chi connectivity index (χ4n) is 1.33. The van der Waals surface area contributed by atoms with E-state index in [-0.39, 0.29) is 5.75 Å². The highest BCUT2D eigenvalue weighted by Gasteiger charge is 2.18. The third kappa shape index (κ3) is 2.51. The van der Waals surface area contributed by atoms with Gasteiger partial charge < -0.3 is 4.74 Å². The van der Waals surface area contributed by atoms with Crippen molar-refractivity contribution >= 4 is 5.97 Å². The summed E-state index contributed by atoms with van der Waals surface area (Å²) in [5, 5.41) is 0. The zero-order valence-electron chi connectivity index (χ0n) is 8.99. The third-order valence-electron chi connectivity index (χ3n) is 2.18.